The molecule has 0 atom stereocenters. The molecule has 0 unspecified atom stereocenters. The second kappa shape index (κ2) is 28.9. The lowest BCUT2D eigenvalue weighted by Gasteiger charge is -2.06. The number of hydrogen-bond acceptors (Lipinski definition) is 5. The smallest absolute Gasteiger partial charge is 0.0521 e. The van der Waals surface area contributed by atoms with Crippen molar-refractivity contribution in [2.45, 2.75) is 116 Å². The molecular formula is C38H62O2S3. The van der Waals surface area contributed by atoms with Gasteiger partial charge >= 0.3 is 0 Å². The lowest BCUT2D eigenvalue weighted by Crippen LogP contribution is -1.93. The number of benzene rings is 2. The van der Waals surface area contributed by atoms with Crippen molar-refractivity contribution >= 4 is 35.3 Å². The van der Waals surface area contributed by atoms with Gasteiger partial charge in [-0.05, 0) is 96.6 Å². The standard InChI is InChI=1S/C38H62O2S3/c39-27-33-42-31-25-37-21-17-35(18-22-37)15-11-7-3-1-5-9-13-29-41-30-14-10-6-2-4-8-12-16-36-19-23-38(24-20-36)26-32-43-34-28-40/h17-24,39-40H,1-16,25-34H2. The number of aryl methyl sites for hydroxylation is 4. The van der Waals surface area contributed by atoms with E-state index in [0.717, 1.165) is 35.9 Å². The molecule has 0 spiro atoms. The molecule has 2 nitrogen and oxygen atoms in total. The van der Waals surface area contributed by atoms with Crippen molar-refractivity contribution in [3.05, 3.63) is 70.8 Å². The third-order valence-corrected chi connectivity index (χ3v) is 11.2. The predicted octanol–water partition coefficient (Wildman–Crippen LogP) is 10.2. The van der Waals surface area contributed by atoms with Crippen molar-refractivity contribution in [3.8, 4) is 0 Å². The summed E-state index contributed by atoms with van der Waals surface area (Å²) in [6, 6.07) is 18.4. The number of hydrogen-bond donors (Lipinski definition) is 2. The van der Waals surface area contributed by atoms with Crippen molar-refractivity contribution in [2.75, 3.05) is 47.7 Å². The Morgan fingerprint density at radius 1 is 0.302 bits per heavy atom. The third-order valence-electron chi connectivity index (χ3n) is 8.10. The second-order valence-corrected chi connectivity index (χ2v) is 15.5. The molecular weight excluding hydrogens is 585 g/mol. The Hall–Kier alpha value is -0.590. The molecule has 0 heterocycles. The van der Waals surface area contributed by atoms with Crippen LogP contribution in [0, 0.1) is 0 Å². The molecule has 0 fully saturated rings. The van der Waals surface area contributed by atoms with E-state index >= 15 is 0 Å². The number of aliphatic hydroxyl groups excluding tert-OH is 2. The molecule has 2 aromatic carbocycles. The van der Waals surface area contributed by atoms with Crippen LogP contribution in [0.25, 0.3) is 0 Å². The topological polar surface area (TPSA) is 40.5 Å². The summed E-state index contributed by atoms with van der Waals surface area (Å²) in [4.78, 5) is 0. The van der Waals surface area contributed by atoms with Gasteiger partial charge in [-0.25, -0.2) is 0 Å². The van der Waals surface area contributed by atoms with Crippen LogP contribution in [-0.2, 0) is 25.7 Å². The molecule has 5 heteroatoms. The van der Waals surface area contributed by atoms with E-state index in [1.165, 1.54) is 136 Å². The molecule has 2 N–H and O–H groups in total. The number of rotatable bonds is 30. The minimum atomic E-state index is 0.288. The summed E-state index contributed by atoms with van der Waals surface area (Å²) in [5.74, 6) is 6.63. The molecule has 2 rings (SSSR count). The minimum Gasteiger partial charge on any atom is -0.396 e. The van der Waals surface area contributed by atoms with E-state index in [4.69, 9.17) is 10.2 Å². The van der Waals surface area contributed by atoms with Crippen LogP contribution in [0.4, 0.5) is 0 Å². The van der Waals surface area contributed by atoms with E-state index in [2.05, 4.69) is 60.3 Å². The van der Waals surface area contributed by atoms with Crippen LogP contribution in [0.5, 0.6) is 0 Å². The van der Waals surface area contributed by atoms with Crippen LogP contribution in [0.2, 0.25) is 0 Å². The van der Waals surface area contributed by atoms with Crippen molar-refractivity contribution in [1.29, 1.82) is 0 Å². The van der Waals surface area contributed by atoms with Gasteiger partial charge in [0, 0.05) is 11.5 Å². The van der Waals surface area contributed by atoms with Crippen LogP contribution < -0.4 is 0 Å². The van der Waals surface area contributed by atoms with E-state index < -0.39 is 0 Å². The molecule has 0 saturated carbocycles. The zero-order valence-electron chi connectivity index (χ0n) is 27.1. The zero-order chi connectivity index (χ0) is 30.5. The molecule has 0 radical (unpaired) electrons. The van der Waals surface area contributed by atoms with Crippen molar-refractivity contribution in [1.82, 2.24) is 0 Å². The Kier molecular flexibility index (Phi) is 25.9. The van der Waals surface area contributed by atoms with Crippen LogP contribution >= 0.6 is 35.3 Å². The van der Waals surface area contributed by atoms with Gasteiger partial charge in [-0.3, -0.25) is 0 Å². The second-order valence-electron chi connectivity index (χ2n) is 11.9. The van der Waals surface area contributed by atoms with Crippen LogP contribution in [0.3, 0.4) is 0 Å². The number of unbranched alkanes of at least 4 members (excludes halogenated alkanes) is 12. The van der Waals surface area contributed by atoms with Crippen molar-refractivity contribution in [2.24, 2.45) is 0 Å². The maximum Gasteiger partial charge on any atom is 0.0521 e. The molecule has 0 amide bonds. The molecule has 244 valence electrons. The summed E-state index contributed by atoms with van der Waals surface area (Å²) in [5, 5.41) is 17.7. The fourth-order valence-electron chi connectivity index (χ4n) is 5.39. The molecule has 0 bridgehead atoms. The Morgan fingerprint density at radius 3 is 0.930 bits per heavy atom. The Morgan fingerprint density at radius 2 is 0.581 bits per heavy atom. The van der Waals surface area contributed by atoms with Crippen molar-refractivity contribution in [3.63, 3.8) is 0 Å². The molecule has 0 aliphatic carbocycles. The van der Waals surface area contributed by atoms with Gasteiger partial charge in [-0.1, -0.05) is 113 Å². The lowest BCUT2D eigenvalue weighted by atomic mass is 10.0. The Bertz CT molecular complexity index is 785. The monoisotopic (exact) mass is 646 g/mol. The van der Waals surface area contributed by atoms with E-state index in [1.54, 1.807) is 0 Å². The van der Waals surface area contributed by atoms with Crippen LogP contribution in [0.1, 0.15) is 112 Å². The number of thioether (sulfide) groups is 3. The van der Waals surface area contributed by atoms with Gasteiger partial charge in [0.05, 0.1) is 13.2 Å². The average Bonchev–Trinajstić information content (AvgIpc) is 3.04. The number of aliphatic hydroxyl groups is 2. The van der Waals surface area contributed by atoms with Gasteiger partial charge in [0.15, 0.2) is 0 Å². The first-order chi connectivity index (χ1) is 21.3. The van der Waals surface area contributed by atoms with E-state index in [-0.39, 0.29) is 13.2 Å². The van der Waals surface area contributed by atoms with Gasteiger partial charge in [0.25, 0.3) is 0 Å². The molecule has 0 aliphatic rings. The van der Waals surface area contributed by atoms with Crippen LogP contribution in [0.15, 0.2) is 48.5 Å². The zero-order valence-corrected chi connectivity index (χ0v) is 29.6. The normalized spacial score (nSPS) is 11.4. The minimum absolute atomic E-state index is 0.288. The van der Waals surface area contributed by atoms with E-state index in [0.29, 0.717) is 0 Å². The SMILES string of the molecule is OCCSCCc1ccc(CCCCCCCCCSCCCCCCCCCc2ccc(CCSCCO)cc2)cc1. The van der Waals surface area contributed by atoms with E-state index in [9.17, 15) is 0 Å². The first kappa shape index (κ1) is 38.6. The fraction of sp³-hybridized carbons (Fsp3) is 0.684. The summed E-state index contributed by atoms with van der Waals surface area (Å²) in [7, 11) is 0. The summed E-state index contributed by atoms with van der Waals surface area (Å²) < 4.78 is 0. The van der Waals surface area contributed by atoms with E-state index in [1.807, 2.05) is 23.5 Å². The lowest BCUT2D eigenvalue weighted by molar-refractivity contribution is 0.322. The largest absolute Gasteiger partial charge is 0.396 e. The summed E-state index contributed by atoms with van der Waals surface area (Å²) in [6.45, 7) is 0.577. The first-order valence-electron chi connectivity index (χ1n) is 17.4. The summed E-state index contributed by atoms with van der Waals surface area (Å²) in [6.07, 6.45) is 24.1. The summed E-state index contributed by atoms with van der Waals surface area (Å²) >= 11 is 5.85. The summed E-state index contributed by atoms with van der Waals surface area (Å²) in [5.41, 5.74) is 5.81. The average molecular weight is 647 g/mol. The maximum atomic E-state index is 8.86. The van der Waals surface area contributed by atoms with Crippen molar-refractivity contribution < 1.29 is 10.2 Å². The highest BCUT2D eigenvalue weighted by Crippen LogP contribution is 2.17. The molecule has 43 heavy (non-hydrogen) atoms. The fourth-order valence-corrected chi connectivity index (χ4v) is 7.84. The first-order valence-corrected chi connectivity index (χ1v) is 20.9. The van der Waals surface area contributed by atoms with Crippen LogP contribution in [-0.4, -0.2) is 57.9 Å². The maximum absolute atomic E-state index is 8.86. The molecule has 0 saturated heterocycles. The quantitative estimate of drug-likeness (QED) is 0.0827. The van der Waals surface area contributed by atoms with Gasteiger partial charge in [0.2, 0.25) is 0 Å². The van der Waals surface area contributed by atoms with Gasteiger partial charge in [-0.15, -0.1) is 0 Å². The highest BCUT2D eigenvalue weighted by molar-refractivity contribution is 7.99. The predicted molar refractivity (Wildman–Crippen MR) is 198 cm³/mol. The van der Waals surface area contributed by atoms with Gasteiger partial charge < -0.3 is 10.2 Å². The third kappa shape index (κ3) is 22.5. The van der Waals surface area contributed by atoms with Gasteiger partial charge in [0.1, 0.15) is 0 Å². The molecule has 0 aliphatic heterocycles. The van der Waals surface area contributed by atoms with Gasteiger partial charge in [-0.2, -0.15) is 35.3 Å². The highest BCUT2D eigenvalue weighted by atomic mass is 32.2. The molecule has 0 aromatic heterocycles. The molecule has 2 aromatic rings. The highest BCUT2D eigenvalue weighted by Gasteiger charge is 2.00. The Balaban J connectivity index is 1.27. The Labute approximate surface area is 278 Å².